The molecule has 0 bridgehead atoms. The number of nitrogens with one attached hydrogen (secondary N) is 1. The zero-order valence-electron chi connectivity index (χ0n) is 17.0. The predicted octanol–water partition coefficient (Wildman–Crippen LogP) is 3.39. The van der Waals surface area contributed by atoms with E-state index in [0.29, 0.717) is 12.3 Å². The van der Waals surface area contributed by atoms with E-state index in [0.717, 1.165) is 22.6 Å². The SMILES string of the molecule is COc1ccc(-c2cc(C(=O)NC[C@@H](c3ccc(OC)cc3)N(C)C)no2)cc1. The molecule has 0 unspecified atom stereocenters. The summed E-state index contributed by atoms with van der Waals surface area (Å²) >= 11 is 0. The molecule has 0 fully saturated rings. The Bertz CT molecular complexity index is 933. The van der Waals surface area contributed by atoms with Crippen LogP contribution in [-0.2, 0) is 0 Å². The number of carbonyl (C=O) groups is 1. The van der Waals surface area contributed by atoms with Crippen LogP contribution in [0.4, 0.5) is 0 Å². The Morgan fingerprint density at radius 1 is 1.03 bits per heavy atom. The average Bonchev–Trinajstić information content (AvgIpc) is 3.24. The second-order valence-electron chi connectivity index (χ2n) is 6.77. The van der Waals surface area contributed by atoms with Crippen LogP contribution in [0.3, 0.4) is 0 Å². The van der Waals surface area contributed by atoms with Crippen molar-refractivity contribution in [2.75, 3.05) is 34.9 Å². The predicted molar refractivity (Wildman–Crippen MR) is 110 cm³/mol. The minimum atomic E-state index is -0.283. The normalized spacial score (nSPS) is 11.9. The summed E-state index contributed by atoms with van der Waals surface area (Å²) in [5, 5.41) is 6.84. The molecule has 2 aromatic carbocycles. The van der Waals surface area contributed by atoms with Crippen molar-refractivity contribution in [3.05, 3.63) is 65.9 Å². The van der Waals surface area contributed by atoms with Gasteiger partial charge in [-0.25, -0.2) is 0 Å². The van der Waals surface area contributed by atoms with Gasteiger partial charge in [0, 0.05) is 18.2 Å². The van der Waals surface area contributed by atoms with Crippen LogP contribution in [0.15, 0.2) is 59.1 Å². The zero-order valence-corrected chi connectivity index (χ0v) is 17.0. The summed E-state index contributed by atoms with van der Waals surface area (Å²) in [6, 6.07) is 16.8. The Morgan fingerprint density at radius 3 is 2.17 bits per heavy atom. The van der Waals surface area contributed by atoms with Gasteiger partial charge in [-0.1, -0.05) is 17.3 Å². The minimum Gasteiger partial charge on any atom is -0.497 e. The molecule has 0 radical (unpaired) electrons. The lowest BCUT2D eigenvalue weighted by Crippen LogP contribution is -2.34. The van der Waals surface area contributed by atoms with Crippen LogP contribution < -0.4 is 14.8 Å². The molecule has 1 heterocycles. The highest BCUT2D eigenvalue weighted by atomic mass is 16.5. The number of nitrogens with zero attached hydrogens (tertiary/aromatic N) is 2. The number of carbonyl (C=O) groups excluding carboxylic acids is 1. The van der Waals surface area contributed by atoms with Gasteiger partial charge in [-0.05, 0) is 56.1 Å². The molecule has 0 saturated carbocycles. The van der Waals surface area contributed by atoms with Gasteiger partial charge in [0.25, 0.3) is 5.91 Å². The van der Waals surface area contributed by atoms with Crippen molar-refractivity contribution in [3.63, 3.8) is 0 Å². The van der Waals surface area contributed by atoms with Gasteiger partial charge in [-0.3, -0.25) is 4.79 Å². The first-order valence-electron chi connectivity index (χ1n) is 9.21. The van der Waals surface area contributed by atoms with Gasteiger partial charge in [0.05, 0.1) is 20.3 Å². The maximum Gasteiger partial charge on any atom is 0.273 e. The van der Waals surface area contributed by atoms with E-state index < -0.39 is 0 Å². The molecule has 1 atom stereocenters. The molecular weight excluding hydrogens is 370 g/mol. The van der Waals surface area contributed by atoms with Gasteiger partial charge in [0.2, 0.25) is 0 Å². The minimum absolute atomic E-state index is 0.0119. The molecule has 1 aromatic heterocycles. The Hall–Kier alpha value is -3.32. The molecule has 0 aliphatic rings. The summed E-state index contributed by atoms with van der Waals surface area (Å²) in [7, 11) is 7.19. The van der Waals surface area contributed by atoms with Crippen molar-refractivity contribution >= 4 is 5.91 Å². The number of amides is 1. The Labute approximate surface area is 170 Å². The largest absolute Gasteiger partial charge is 0.497 e. The number of benzene rings is 2. The quantitative estimate of drug-likeness (QED) is 0.630. The van der Waals surface area contributed by atoms with Crippen LogP contribution in [0.1, 0.15) is 22.1 Å². The van der Waals surface area contributed by atoms with Crippen LogP contribution in [0, 0.1) is 0 Å². The van der Waals surface area contributed by atoms with Crippen molar-refractivity contribution in [1.29, 1.82) is 0 Å². The topological polar surface area (TPSA) is 76.8 Å². The first-order valence-corrected chi connectivity index (χ1v) is 9.21. The lowest BCUT2D eigenvalue weighted by molar-refractivity contribution is 0.0933. The third-order valence-electron chi connectivity index (χ3n) is 4.70. The van der Waals surface area contributed by atoms with Gasteiger partial charge in [0.15, 0.2) is 11.5 Å². The molecule has 7 heteroatoms. The summed E-state index contributed by atoms with van der Waals surface area (Å²) < 4.78 is 15.7. The van der Waals surface area contributed by atoms with Crippen molar-refractivity contribution < 1.29 is 18.8 Å². The van der Waals surface area contributed by atoms with Crippen LogP contribution in [0.5, 0.6) is 11.5 Å². The number of hydrogen-bond donors (Lipinski definition) is 1. The summed E-state index contributed by atoms with van der Waals surface area (Å²) in [6.07, 6.45) is 0. The third-order valence-corrected chi connectivity index (χ3v) is 4.70. The van der Waals surface area contributed by atoms with Crippen molar-refractivity contribution in [2.24, 2.45) is 0 Å². The smallest absolute Gasteiger partial charge is 0.273 e. The standard InChI is InChI=1S/C22H25N3O4/c1-25(2)20(15-5-9-17(27-3)10-6-15)14-23-22(26)19-13-21(29-24-19)16-7-11-18(28-4)12-8-16/h5-13,20H,14H2,1-4H3,(H,23,26)/t20-/m0/s1. The molecule has 7 nitrogen and oxygen atoms in total. The van der Waals surface area contributed by atoms with E-state index in [4.69, 9.17) is 14.0 Å². The van der Waals surface area contributed by atoms with Gasteiger partial charge in [-0.2, -0.15) is 0 Å². The van der Waals surface area contributed by atoms with E-state index >= 15 is 0 Å². The molecular formula is C22H25N3O4. The van der Waals surface area contributed by atoms with E-state index in [2.05, 4.69) is 10.5 Å². The molecule has 1 N–H and O–H groups in total. The van der Waals surface area contributed by atoms with Crippen molar-refractivity contribution in [3.8, 4) is 22.8 Å². The second-order valence-corrected chi connectivity index (χ2v) is 6.77. The maximum atomic E-state index is 12.6. The van der Waals surface area contributed by atoms with E-state index in [1.54, 1.807) is 20.3 Å². The van der Waals surface area contributed by atoms with E-state index in [1.807, 2.05) is 67.5 Å². The molecule has 152 valence electrons. The third kappa shape index (κ3) is 4.94. The summed E-state index contributed by atoms with van der Waals surface area (Å²) in [5.74, 6) is 1.79. The molecule has 3 rings (SSSR count). The van der Waals surface area contributed by atoms with Gasteiger partial charge >= 0.3 is 0 Å². The molecule has 0 saturated heterocycles. The Balaban J connectivity index is 1.66. The molecule has 29 heavy (non-hydrogen) atoms. The fourth-order valence-electron chi connectivity index (χ4n) is 2.98. The van der Waals surface area contributed by atoms with Gasteiger partial charge < -0.3 is 24.2 Å². The monoisotopic (exact) mass is 395 g/mol. The molecule has 3 aromatic rings. The number of likely N-dealkylation sites (N-methyl/N-ethyl adjacent to an activating group) is 1. The lowest BCUT2D eigenvalue weighted by atomic mass is 10.1. The molecule has 0 spiro atoms. The maximum absolute atomic E-state index is 12.6. The Kier molecular flexibility index (Phi) is 6.51. The number of hydrogen-bond acceptors (Lipinski definition) is 6. The highest BCUT2D eigenvalue weighted by molar-refractivity contribution is 5.93. The fraction of sp³-hybridized carbons (Fsp3) is 0.273. The van der Waals surface area contributed by atoms with Crippen LogP contribution >= 0.6 is 0 Å². The van der Waals surface area contributed by atoms with Crippen molar-refractivity contribution in [1.82, 2.24) is 15.4 Å². The number of methoxy groups -OCH3 is 2. The zero-order chi connectivity index (χ0) is 20.8. The van der Waals surface area contributed by atoms with E-state index in [-0.39, 0.29) is 17.6 Å². The Morgan fingerprint density at radius 2 is 1.62 bits per heavy atom. The van der Waals surface area contributed by atoms with Crippen LogP contribution in [0.25, 0.3) is 11.3 Å². The second kappa shape index (κ2) is 9.25. The lowest BCUT2D eigenvalue weighted by Gasteiger charge is -2.25. The molecule has 0 aliphatic heterocycles. The fourth-order valence-corrected chi connectivity index (χ4v) is 2.98. The average molecular weight is 395 g/mol. The summed E-state index contributed by atoms with van der Waals surface area (Å²) in [6.45, 7) is 0.433. The highest BCUT2D eigenvalue weighted by Crippen LogP contribution is 2.24. The number of rotatable bonds is 8. The summed E-state index contributed by atoms with van der Waals surface area (Å²) in [5.41, 5.74) is 2.14. The first kappa shape index (κ1) is 20.4. The van der Waals surface area contributed by atoms with E-state index in [9.17, 15) is 4.79 Å². The van der Waals surface area contributed by atoms with E-state index in [1.165, 1.54) is 0 Å². The summed E-state index contributed by atoms with van der Waals surface area (Å²) in [4.78, 5) is 14.6. The number of ether oxygens (including phenoxy) is 2. The van der Waals surface area contributed by atoms with Crippen molar-refractivity contribution in [2.45, 2.75) is 6.04 Å². The van der Waals surface area contributed by atoms with Crippen LogP contribution in [0.2, 0.25) is 0 Å². The highest BCUT2D eigenvalue weighted by Gasteiger charge is 2.18. The van der Waals surface area contributed by atoms with Crippen LogP contribution in [-0.4, -0.2) is 50.8 Å². The van der Waals surface area contributed by atoms with Gasteiger partial charge in [-0.15, -0.1) is 0 Å². The first-order chi connectivity index (χ1) is 14.0. The molecule has 1 amide bonds. The molecule has 0 aliphatic carbocycles. The van der Waals surface area contributed by atoms with Gasteiger partial charge in [0.1, 0.15) is 11.5 Å². The number of aromatic nitrogens is 1.